The van der Waals surface area contributed by atoms with Crippen LogP contribution in [0.4, 0.5) is 5.82 Å². The predicted molar refractivity (Wildman–Crippen MR) is 122 cm³/mol. The number of hydrogen-bond donors (Lipinski definition) is 3. The van der Waals surface area contributed by atoms with E-state index in [0.29, 0.717) is 6.04 Å². The number of benzene rings is 1. The van der Waals surface area contributed by atoms with Gasteiger partial charge >= 0.3 is 0 Å². The van der Waals surface area contributed by atoms with Gasteiger partial charge in [0.25, 0.3) is 0 Å². The Balaban J connectivity index is 1.32. The fourth-order valence-electron chi connectivity index (χ4n) is 3.42. The largest absolute Gasteiger partial charge is 0.492 e. The van der Waals surface area contributed by atoms with Gasteiger partial charge in [0.05, 0.1) is 21.3 Å². The molecule has 0 aliphatic carbocycles. The monoisotopic (exact) mass is 479 g/mol. The lowest BCUT2D eigenvalue weighted by molar-refractivity contribution is 0.251. The molecule has 0 spiro atoms. The van der Waals surface area contributed by atoms with Gasteiger partial charge in [-0.1, -0.05) is 0 Å². The number of anilines is 1. The van der Waals surface area contributed by atoms with E-state index >= 15 is 0 Å². The average molecular weight is 480 g/mol. The molecule has 2 aromatic heterocycles. The van der Waals surface area contributed by atoms with Crippen molar-refractivity contribution < 1.29 is 4.74 Å². The normalized spacial score (nSPS) is 16.0. The van der Waals surface area contributed by atoms with Crippen LogP contribution in [0.15, 0.2) is 43.8 Å². The van der Waals surface area contributed by atoms with Crippen LogP contribution in [0, 0.1) is 0 Å². The van der Waals surface area contributed by atoms with E-state index in [9.17, 15) is 4.79 Å². The molecule has 3 aromatic rings. The van der Waals surface area contributed by atoms with Gasteiger partial charge in [-0.05, 0) is 58.7 Å². The molecule has 1 aromatic carbocycles. The summed E-state index contributed by atoms with van der Waals surface area (Å²) in [5.41, 5.74) is 2.19. The highest BCUT2D eigenvalue weighted by molar-refractivity contribution is 9.10. The van der Waals surface area contributed by atoms with Crippen molar-refractivity contribution in [1.29, 1.82) is 0 Å². The van der Waals surface area contributed by atoms with E-state index in [2.05, 4.69) is 49.9 Å². The molecule has 3 N–H and O–H groups in total. The third kappa shape index (κ3) is 4.25. The summed E-state index contributed by atoms with van der Waals surface area (Å²) in [6.45, 7) is 2.41. The van der Waals surface area contributed by atoms with Crippen molar-refractivity contribution in [3.05, 3.63) is 49.9 Å². The third-order valence-electron chi connectivity index (χ3n) is 4.80. The Hall–Kier alpha value is -1.48. The van der Waals surface area contributed by atoms with E-state index in [1.54, 1.807) is 17.8 Å². The van der Waals surface area contributed by atoms with Gasteiger partial charge in [0.2, 0.25) is 5.43 Å². The zero-order chi connectivity index (χ0) is 19.5. The first-order chi connectivity index (χ1) is 13.7. The number of nitrogens with one attached hydrogen (secondary N) is 3. The SMILES string of the molecule is CSc1cc(Br)c2c(c1)C(NCCCNc1cc(=O)c3sccc3[nH]1)CCO2. The summed E-state index contributed by atoms with van der Waals surface area (Å²) in [5.74, 6) is 1.74. The number of hydrogen-bond acceptors (Lipinski definition) is 6. The van der Waals surface area contributed by atoms with Gasteiger partial charge in [-0.25, -0.2) is 0 Å². The molecule has 0 saturated carbocycles. The molecule has 1 atom stereocenters. The Bertz CT molecular complexity index is 1030. The van der Waals surface area contributed by atoms with Crippen LogP contribution in [0.25, 0.3) is 10.2 Å². The van der Waals surface area contributed by atoms with E-state index in [1.165, 1.54) is 21.8 Å². The molecule has 5 nitrogen and oxygen atoms in total. The molecule has 28 heavy (non-hydrogen) atoms. The second kappa shape index (κ2) is 8.90. The van der Waals surface area contributed by atoms with E-state index in [-0.39, 0.29) is 5.43 Å². The number of halogens is 1. The van der Waals surface area contributed by atoms with Crippen molar-refractivity contribution in [3.8, 4) is 5.75 Å². The number of thioether (sulfide) groups is 1. The smallest absolute Gasteiger partial charge is 0.201 e. The van der Waals surface area contributed by atoms with Gasteiger partial charge < -0.3 is 20.4 Å². The Morgan fingerprint density at radius 2 is 2.25 bits per heavy atom. The fourth-order valence-corrected chi connectivity index (χ4v) is 5.41. The summed E-state index contributed by atoms with van der Waals surface area (Å²) in [6.07, 6.45) is 4.01. The lowest BCUT2D eigenvalue weighted by Crippen LogP contribution is -2.29. The first-order valence-corrected chi connectivity index (χ1v) is 12.1. The number of H-pyrrole nitrogens is 1. The van der Waals surface area contributed by atoms with Crippen LogP contribution < -0.4 is 20.8 Å². The fraction of sp³-hybridized carbons (Fsp3) is 0.350. The van der Waals surface area contributed by atoms with Crippen LogP contribution in [0.5, 0.6) is 5.75 Å². The van der Waals surface area contributed by atoms with Crippen LogP contribution in [0.2, 0.25) is 0 Å². The molecule has 4 rings (SSSR count). The molecular formula is C20H22BrN3O2S2. The van der Waals surface area contributed by atoms with Gasteiger partial charge in [-0.15, -0.1) is 23.1 Å². The number of rotatable bonds is 7. The maximum absolute atomic E-state index is 12.1. The van der Waals surface area contributed by atoms with Crippen LogP contribution >= 0.6 is 39.0 Å². The summed E-state index contributed by atoms with van der Waals surface area (Å²) in [6, 6.07) is 8.22. The van der Waals surface area contributed by atoms with Crippen molar-refractivity contribution in [2.45, 2.75) is 23.8 Å². The second-order valence-electron chi connectivity index (χ2n) is 6.66. The number of thiophene rings is 1. The second-order valence-corrected chi connectivity index (χ2v) is 9.31. The molecule has 0 saturated heterocycles. The molecule has 0 bridgehead atoms. The lowest BCUT2D eigenvalue weighted by atomic mass is 10.0. The van der Waals surface area contributed by atoms with Crippen molar-refractivity contribution in [2.75, 3.05) is 31.3 Å². The third-order valence-corrected chi connectivity index (χ3v) is 7.03. The zero-order valence-electron chi connectivity index (χ0n) is 15.5. The van der Waals surface area contributed by atoms with Gasteiger partial charge in [0, 0.05) is 35.5 Å². The molecule has 0 radical (unpaired) electrons. The number of ether oxygens (including phenoxy) is 1. The van der Waals surface area contributed by atoms with Gasteiger partial charge in [0.1, 0.15) is 11.6 Å². The summed E-state index contributed by atoms with van der Waals surface area (Å²) >= 11 is 6.85. The molecule has 0 fully saturated rings. The minimum absolute atomic E-state index is 0.0679. The molecular weight excluding hydrogens is 458 g/mol. The van der Waals surface area contributed by atoms with Gasteiger partial charge in [0.15, 0.2) is 0 Å². The average Bonchev–Trinajstić information content (AvgIpc) is 3.17. The van der Waals surface area contributed by atoms with Crippen molar-refractivity contribution in [2.24, 2.45) is 0 Å². The number of aromatic nitrogens is 1. The Morgan fingerprint density at radius 1 is 1.36 bits per heavy atom. The maximum atomic E-state index is 12.1. The van der Waals surface area contributed by atoms with E-state index < -0.39 is 0 Å². The van der Waals surface area contributed by atoms with Gasteiger partial charge in [-0.2, -0.15) is 0 Å². The minimum Gasteiger partial charge on any atom is -0.492 e. The first kappa shape index (κ1) is 19.8. The highest BCUT2D eigenvalue weighted by atomic mass is 79.9. The topological polar surface area (TPSA) is 66.1 Å². The molecule has 1 aliphatic heterocycles. The standard InChI is InChI=1S/C20H22BrN3O2S2/c1-27-12-9-13-15(3-7-26-19(13)14(21)10-12)22-5-2-6-23-18-11-17(25)20-16(24-18)4-8-28-20/h4,8-11,15,22H,2-3,5-7H2,1H3,(H2,23,24,25). The van der Waals surface area contributed by atoms with Gasteiger partial charge in [-0.3, -0.25) is 4.79 Å². The molecule has 8 heteroatoms. The lowest BCUT2D eigenvalue weighted by Gasteiger charge is -2.28. The quantitative estimate of drug-likeness (QED) is 0.329. The van der Waals surface area contributed by atoms with E-state index in [4.69, 9.17) is 4.74 Å². The molecule has 148 valence electrons. The van der Waals surface area contributed by atoms with Crippen molar-refractivity contribution in [1.82, 2.24) is 10.3 Å². The summed E-state index contributed by atoms with van der Waals surface area (Å²) in [5, 5.41) is 8.92. The highest BCUT2D eigenvalue weighted by Crippen LogP contribution is 2.40. The van der Waals surface area contributed by atoms with Crippen LogP contribution in [-0.4, -0.2) is 30.9 Å². The molecule has 1 unspecified atom stereocenters. The van der Waals surface area contributed by atoms with Crippen molar-refractivity contribution in [3.63, 3.8) is 0 Å². The summed E-state index contributed by atoms with van der Waals surface area (Å²) < 4.78 is 7.67. The van der Waals surface area contributed by atoms with Crippen LogP contribution in [0.1, 0.15) is 24.4 Å². The number of aromatic amines is 1. The van der Waals surface area contributed by atoms with Crippen LogP contribution in [0.3, 0.4) is 0 Å². The Labute approximate surface area is 180 Å². The first-order valence-electron chi connectivity index (χ1n) is 9.23. The summed E-state index contributed by atoms with van der Waals surface area (Å²) in [4.78, 5) is 16.6. The molecule has 1 aliphatic rings. The number of pyridine rings is 1. The van der Waals surface area contributed by atoms with Crippen LogP contribution in [-0.2, 0) is 0 Å². The molecule has 0 amide bonds. The zero-order valence-corrected chi connectivity index (χ0v) is 18.7. The Kier molecular flexibility index (Phi) is 6.30. The van der Waals surface area contributed by atoms with E-state index in [0.717, 1.165) is 58.8 Å². The predicted octanol–water partition coefficient (Wildman–Crippen LogP) is 4.99. The van der Waals surface area contributed by atoms with Crippen molar-refractivity contribution >= 4 is 55.1 Å². The Morgan fingerprint density at radius 3 is 3.11 bits per heavy atom. The highest BCUT2D eigenvalue weighted by Gasteiger charge is 2.23. The summed E-state index contributed by atoms with van der Waals surface area (Å²) in [7, 11) is 0. The number of fused-ring (bicyclic) bond motifs is 2. The maximum Gasteiger partial charge on any atom is 0.201 e. The molecule has 3 heterocycles. The van der Waals surface area contributed by atoms with E-state index in [1.807, 2.05) is 11.4 Å². The minimum atomic E-state index is 0.0679.